The molecule has 0 radical (unpaired) electrons. The van der Waals surface area contributed by atoms with Crippen LogP contribution in [0, 0.1) is 5.92 Å². The zero-order valence-electron chi connectivity index (χ0n) is 42.4. The van der Waals surface area contributed by atoms with Crippen LogP contribution in [0.2, 0.25) is 0 Å². The van der Waals surface area contributed by atoms with Crippen molar-refractivity contribution in [3.8, 4) is 0 Å². The van der Waals surface area contributed by atoms with Crippen LogP contribution in [0.15, 0.2) is 45.4 Å². The monoisotopic (exact) mass is 1070 g/mol. The number of nitrogens with two attached hydrogens (primary N) is 7. The predicted octanol–water partition coefficient (Wildman–Crippen LogP) is -5.54. The van der Waals surface area contributed by atoms with Gasteiger partial charge in [-0.3, -0.25) is 53.3 Å². The van der Waals surface area contributed by atoms with Gasteiger partial charge in [0.15, 0.2) is 17.9 Å². The molecule has 0 saturated carbocycles. The van der Waals surface area contributed by atoms with E-state index in [1.807, 2.05) is 12.1 Å². The number of aromatic nitrogens is 1. The van der Waals surface area contributed by atoms with E-state index in [-0.39, 0.29) is 88.9 Å². The number of amides is 8. The minimum Gasteiger partial charge on any atom is -0.480 e. The number of hydrogen-bond donors (Lipinski definition) is 17. The summed E-state index contributed by atoms with van der Waals surface area (Å²) >= 11 is 1.37. The van der Waals surface area contributed by atoms with Crippen LogP contribution in [0.1, 0.15) is 64.4 Å². The summed E-state index contributed by atoms with van der Waals surface area (Å²) in [5, 5.41) is 30.8. The van der Waals surface area contributed by atoms with E-state index in [1.54, 1.807) is 38.4 Å². The molecule has 0 aliphatic carbocycles. The maximum absolute atomic E-state index is 14.2. The summed E-state index contributed by atoms with van der Waals surface area (Å²) in [7, 11) is 0. The number of aliphatic carboxylic acids is 1. The molecule has 8 amide bonds. The highest BCUT2D eigenvalue weighted by molar-refractivity contribution is 7.98. The quantitative estimate of drug-likeness (QED) is 0.0174. The van der Waals surface area contributed by atoms with Crippen LogP contribution < -0.4 is 82.7 Å². The molecule has 30 heteroatoms. The molecule has 0 bridgehead atoms. The van der Waals surface area contributed by atoms with E-state index in [9.17, 15) is 48.3 Å². The van der Waals surface area contributed by atoms with Crippen molar-refractivity contribution in [2.24, 2.45) is 61.0 Å². The summed E-state index contributed by atoms with van der Waals surface area (Å²) in [6.07, 6.45) is 4.15. The molecule has 1 heterocycles. The highest BCUT2D eigenvalue weighted by Crippen LogP contribution is 2.19. The summed E-state index contributed by atoms with van der Waals surface area (Å²) in [4.78, 5) is 134. The molecule has 0 unspecified atom stereocenters. The number of aliphatic imine (C=N–C) groups is 3. The molecule has 0 aliphatic heterocycles. The lowest BCUT2D eigenvalue weighted by Crippen LogP contribution is -2.58. The number of benzene rings is 1. The van der Waals surface area contributed by atoms with Gasteiger partial charge in [0.2, 0.25) is 47.3 Å². The van der Waals surface area contributed by atoms with Gasteiger partial charge in [0.25, 0.3) is 0 Å². The topological polar surface area (TPSA) is 505 Å². The van der Waals surface area contributed by atoms with E-state index in [1.165, 1.54) is 11.8 Å². The lowest BCUT2D eigenvalue weighted by molar-refractivity contribution is -0.142. The van der Waals surface area contributed by atoms with Crippen LogP contribution in [-0.2, 0) is 49.6 Å². The Morgan fingerprint density at radius 2 is 1.04 bits per heavy atom. The Bertz CT molecular complexity index is 2330. The van der Waals surface area contributed by atoms with E-state index in [0.717, 1.165) is 10.9 Å². The number of hydrogen-bond acceptors (Lipinski definition) is 14. The SMILES string of the molecule is CSCC[C@H](NC(=O)CNC(=O)[C@H](Cc1c[nH]c2ccccc12)NC(=O)[C@H](CCCN=C(N)N)NC(=O)[C@H](CCCN=C(N)N)NC(=O)CN)C(=O)NCC(=O)N[C@H](C(=O)N[C@@H](CCCN=C(N)N)C(=O)O)C(C)C. The fourth-order valence-electron chi connectivity index (χ4n) is 7.19. The Kier molecular flexibility index (Phi) is 28.5. The highest BCUT2D eigenvalue weighted by atomic mass is 32.2. The average molecular weight is 1070 g/mol. The molecule has 6 atom stereocenters. The van der Waals surface area contributed by atoms with Gasteiger partial charge in [-0.15, -0.1) is 0 Å². The molecule has 0 fully saturated rings. The van der Waals surface area contributed by atoms with Crippen molar-refractivity contribution in [1.82, 2.24) is 47.5 Å². The van der Waals surface area contributed by atoms with Gasteiger partial charge in [0.05, 0.1) is 19.6 Å². The minimum absolute atomic E-state index is 0.00101. The minimum atomic E-state index is -1.36. The van der Waals surface area contributed by atoms with Gasteiger partial charge in [-0.2, -0.15) is 11.8 Å². The van der Waals surface area contributed by atoms with Gasteiger partial charge in [-0.1, -0.05) is 32.0 Å². The van der Waals surface area contributed by atoms with Crippen molar-refractivity contribution in [2.45, 2.75) is 101 Å². The van der Waals surface area contributed by atoms with Gasteiger partial charge >= 0.3 is 5.97 Å². The number of nitrogens with zero attached hydrogens (tertiary/aromatic N) is 3. The maximum atomic E-state index is 14.2. The van der Waals surface area contributed by atoms with Crippen LogP contribution in [0.3, 0.4) is 0 Å². The number of thioether (sulfide) groups is 1. The van der Waals surface area contributed by atoms with Crippen molar-refractivity contribution in [3.05, 3.63) is 36.0 Å². The fourth-order valence-corrected chi connectivity index (χ4v) is 7.66. The molecular weight excluding hydrogens is 999 g/mol. The maximum Gasteiger partial charge on any atom is 0.326 e. The summed E-state index contributed by atoms with van der Waals surface area (Å²) in [5.41, 5.74) is 39.3. The van der Waals surface area contributed by atoms with E-state index in [2.05, 4.69) is 62.5 Å². The van der Waals surface area contributed by atoms with Crippen molar-refractivity contribution in [2.75, 3.05) is 51.3 Å². The summed E-state index contributed by atoms with van der Waals surface area (Å²) < 4.78 is 0. The van der Waals surface area contributed by atoms with E-state index >= 15 is 0 Å². The van der Waals surface area contributed by atoms with Gasteiger partial charge in [0, 0.05) is 43.2 Å². The number of nitrogens with one attached hydrogen (secondary N) is 9. The number of carboxylic acids is 1. The number of fused-ring (bicyclic) bond motifs is 1. The number of para-hydroxylation sites is 1. The third-order valence-corrected chi connectivity index (χ3v) is 11.7. The second kappa shape index (κ2) is 33.8. The Morgan fingerprint density at radius 3 is 1.55 bits per heavy atom. The summed E-state index contributed by atoms with van der Waals surface area (Å²) in [5.74, 6) is -8.08. The first-order valence-corrected chi connectivity index (χ1v) is 25.4. The smallest absolute Gasteiger partial charge is 0.326 e. The number of aromatic amines is 1. The molecule has 416 valence electrons. The Balaban J connectivity index is 2.27. The van der Waals surface area contributed by atoms with Crippen LogP contribution in [0.4, 0.5) is 0 Å². The Hall–Kier alpha value is -7.89. The molecule has 29 nitrogen and oxygen atoms in total. The second-order valence-electron chi connectivity index (χ2n) is 17.4. The lowest BCUT2D eigenvalue weighted by Gasteiger charge is -2.25. The van der Waals surface area contributed by atoms with Gasteiger partial charge in [-0.25, -0.2) is 4.79 Å². The van der Waals surface area contributed by atoms with Crippen molar-refractivity contribution in [1.29, 1.82) is 0 Å². The van der Waals surface area contributed by atoms with Crippen molar-refractivity contribution >= 4 is 93.8 Å². The van der Waals surface area contributed by atoms with Crippen molar-refractivity contribution in [3.63, 3.8) is 0 Å². The largest absolute Gasteiger partial charge is 0.480 e. The third kappa shape index (κ3) is 24.6. The fraction of sp³-hybridized carbons (Fsp3) is 0.556. The summed E-state index contributed by atoms with van der Waals surface area (Å²) in [6.45, 7) is 1.89. The van der Waals surface area contributed by atoms with E-state index in [0.29, 0.717) is 11.3 Å². The molecular formula is C45H75N19O10S. The molecule has 0 spiro atoms. The van der Waals surface area contributed by atoms with Crippen LogP contribution in [0.25, 0.3) is 10.9 Å². The molecule has 1 aromatic carbocycles. The zero-order chi connectivity index (χ0) is 56.0. The number of H-pyrrole nitrogens is 1. The molecule has 1 aromatic heterocycles. The van der Waals surface area contributed by atoms with Crippen LogP contribution in [-0.4, -0.2) is 169 Å². The molecule has 0 saturated heterocycles. The number of carbonyl (C=O) groups excluding carboxylic acids is 8. The molecule has 2 aromatic rings. The lowest BCUT2D eigenvalue weighted by atomic mass is 10.0. The predicted molar refractivity (Wildman–Crippen MR) is 284 cm³/mol. The van der Waals surface area contributed by atoms with Crippen LogP contribution in [0.5, 0.6) is 0 Å². The Morgan fingerprint density at radius 1 is 0.587 bits per heavy atom. The number of rotatable bonds is 35. The van der Waals surface area contributed by atoms with Crippen molar-refractivity contribution < 1.29 is 48.3 Å². The average Bonchev–Trinajstić information content (AvgIpc) is 3.77. The van der Waals surface area contributed by atoms with Gasteiger partial charge < -0.3 is 92.8 Å². The number of guanidine groups is 3. The first kappa shape index (κ1) is 63.2. The zero-order valence-corrected chi connectivity index (χ0v) is 43.3. The Labute approximate surface area is 438 Å². The number of carbonyl (C=O) groups is 9. The van der Waals surface area contributed by atoms with Gasteiger partial charge in [-0.05, 0) is 74.5 Å². The first-order valence-electron chi connectivity index (χ1n) is 24.0. The third-order valence-electron chi connectivity index (χ3n) is 11.0. The molecule has 75 heavy (non-hydrogen) atoms. The standard InChI is InChI=1S/C45H75N19O10S/c1-24(2)36(41(72)62-31(42(73)74)13-8-17-55-45(51)52)64-35(67)23-57-37(68)30(14-18-75-3)60-34(66)22-58-38(69)32(19-25-21-56-27-10-5-4-9-26(25)27)63-40(71)29(12-7-16-54-44(49)50)61-39(70)28(59-33(65)20-46)11-6-15-53-43(47)48/h4-5,9-10,21,24,28-32,36,56H,6-8,11-20,22-23,46H2,1-3H3,(H,57,68)(H,58,69)(H,59,65)(H,60,66)(H,61,70)(H,62,72)(H,63,71)(H,64,67)(H,73,74)(H4,47,48,53)(H4,49,50,54)(H4,51,52,55)/t28-,29-,30-,31-,32-,36-/m0/s1. The van der Waals surface area contributed by atoms with E-state index < -0.39 is 115 Å². The van der Waals surface area contributed by atoms with Gasteiger partial charge in [0.1, 0.15) is 36.3 Å². The van der Waals surface area contributed by atoms with Crippen LogP contribution >= 0.6 is 11.8 Å². The first-order chi connectivity index (χ1) is 35.6. The normalized spacial score (nSPS) is 13.2. The second-order valence-corrected chi connectivity index (χ2v) is 18.4. The molecule has 24 N–H and O–H groups in total. The summed E-state index contributed by atoms with van der Waals surface area (Å²) in [6, 6.07) is -0.289. The highest BCUT2D eigenvalue weighted by Gasteiger charge is 2.32. The number of carboxylic acid groups (broad SMARTS) is 1. The molecule has 0 aliphatic rings. The van der Waals surface area contributed by atoms with E-state index in [4.69, 9.17) is 40.1 Å². The molecule has 2 rings (SSSR count).